The maximum atomic E-state index is 12.5. The van der Waals surface area contributed by atoms with Gasteiger partial charge in [-0.05, 0) is 68.7 Å². The normalized spacial score (nSPS) is 27.0. The molecule has 136 valence electrons. The average Bonchev–Trinajstić information content (AvgIpc) is 2.69. The minimum Gasteiger partial charge on any atom is -0.444 e. The molecule has 2 aliphatic heterocycles. The van der Waals surface area contributed by atoms with Crippen LogP contribution in [-0.2, 0) is 14.0 Å². The zero-order valence-electron chi connectivity index (χ0n) is 16.6. The Balaban J connectivity index is 2.11. The second kappa shape index (κ2) is 5.77. The van der Waals surface area contributed by atoms with Gasteiger partial charge in [0.05, 0.1) is 11.2 Å². The first-order chi connectivity index (χ1) is 10.6. The van der Waals surface area contributed by atoms with E-state index >= 15 is 0 Å². The molecule has 0 N–H and O–H groups in total. The quantitative estimate of drug-likeness (QED) is 0.680. The minimum absolute atomic E-state index is 0.273. The molecule has 0 aromatic heterocycles. The molecule has 0 aromatic rings. The van der Waals surface area contributed by atoms with Gasteiger partial charge >= 0.3 is 13.2 Å². The van der Waals surface area contributed by atoms with E-state index in [4.69, 9.17) is 14.0 Å². The van der Waals surface area contributed by atoms with E-state index in [1.807, 2.05) is 54.4 Å². The molecule has 0 aromatic carbocycles. The molecule has 0 bridgehead atoms. The lowest BCUT2D eigenvalue weighted by Crippen LogP contribution is -2.45. The first-order valence-electron chi connectivity index (χ1n) is 8.69. The highest BCUT2D eigenvalue weighted by molar-refractivity contribution is 6.51. The van der Waals surface area contributed by atoms with Gasteiger partial charge in [-0.15, -0.1) is 0 Å². The van der Waals surface area contributed by atoms with Crippen LogP contribution in [0.3, 0.4) is 0 Å². The third-order valence-electron chi connectivity index (χ3n) is 5.01. The Morgan fingerprint density at radius 3 is 2.08 bits per heavy atom. The largest absolute Gasteiger partial charge is 0.487 e. The number of ether oxygens (including phenoxy) is 1. The fourth-order valence-electron chi connectivity index (χ4n) is 3.01. The SMILES string of the molecule is CC(C)(C)OC(=O)N1C/C(=C\B2OC(C)(C)C(C)(C)O2)CC1(C)C. The zero-order valence-corrected chi connectivity index (χ0v) is 16.6. The van der Waals surface area contributed by atoms with Crippen LogP contribution in [0.1, 0.15) is 68.7 Å². The van der Waals surface area contributed by atoms with Gasteiger partial charge in [0.2, 0.25) is 0 Å². The summed E-state index contributed by atoms with van der Waals surface area (Å²) in [7, 11) is -0.376. The number of rotatable bonds is 1. The lowest BCUT2D eigenvalue weighted by Gasteiger charge is -2.33. The Kier molecular flexibility index (Phi) is 4.64. The summed E-state index contributed by atoms with van der Waals surface area (Å²) in [6.45, 7) is 18.5. The van der Waals surface area contributed by atoms with Crippen molar-refractivity contribution < 1.29 is 18.8 Å². The molecule has 2 aliphatic rings. The van der Waals surface area contributed by atoms with Crippen molar-refractivity contribution in [2.75, 3.05) is 6.54 Å². The van der Waals surface area contributed by atoms with Crippen LogP contribution in [0.4, 0.5) is 4.79 Å². The Labute approximate surface area is 146 Å². The van der Waals surface area contributed by atoms with Gasteiger partial charge in [0.25, 0.3) is 0 Å². The first kappa shape index (κ1) is 19.3. The topological polar surface area (TPSA) is 48.0 Å². The van der Waals surface area contributed by atoms with Crippen molar-refractivity contribution in [3.8, 4) is 0 Å². The Morgan fingerprint density at radius 1 is 1.12 bits per heavy atom. The van der Waals surface area contributed by atoms with Gasteiger partial charge in [-0.25, -0.2) is 4.79 Å². The maximum Gasteiger partial charge on any atom is 0.487 e. The smallest absolute Gasteiger partial charge is 0.444 e. The van der Waals surface area contributed by atoms with Gasteiger partial charge in [-0.2, -0.15) is 0 Å². The summed E-state index contributed by atoms with van der Waals surface area (Å²) >= 11 is 0. The van der Waals surface area contributed by atoms with Gasteiger partial charge < -0.3 is 14.0 Å². The van der Waals surface area contributed by atoms with E-state index in [1.54, 1.807) is 4.90 Å². The number of amides is 1. The van der Waals surface area contributed by atoms with Gasteiger partial charge in [0, 0.05) is 12.1 Å². The van der Waals surface area contributed by atoms with Crippen LogP contribution in [0.15, 0.2) is 11.5 Å². The second-order valence-electron chi connectivity index (χ2n) is 9.51. The molecule has 0 radical (unpaired) electrons. The summed E-state index contributed by atoms with van der Waals surface area (Å²) in [5.74, 6) is 2.02. The van der Waals surface area contributed by atoms with Crippen molar-refractivity contribution in [2.45, 2.75) is 91.1 Å². The molecule has 6 heteroatoms. The summed E-state index contributed by atoms with van der Waals surface area (Å²) in [5.41, 5.74) is -0.339. The zero-order chi connectivity index (χ0) is 18.6. The van der Waals surface area contributed by atoms with Crippen molar-refractivity contribution >= 4 is 13.2 Å². The van der Waals surface area contributed by atoms with E-state index < -0.39 is 5.60 Å². The van der Waals surface area contributed by atoms with E-state index in [0.29, 0.717) is 6.54 Å². The summed E-state index contributed by atoms with van der Waals surface area (Å²) < 4.78 is 17.6. The Morgan fingerprint density at radius 2 is 1.62 bits per heavy atom. The highest BCUT2D eigenvalue weighted by Gasteiger charge is 2.51. The van der Waals surface area contributed by atoms with E-state index in [1.165, 1.54) is 0 Å². The standard InChI is InChI=1S/C18H32BNO4/c1-15(2,3)22-14(21)20-12-13(10-16(20,4)5)11-19-23-17(6,7)18(8,9)24-19/h11H,10,12H2,1-9H3/b13-11-. The fourth-order valence-corrected chi connectivity index (χ4v) is 3.01. The molecule has 0 atom stereocenters. The molecule has 1 amide bonds. The van der Waals surface area contributed by atoms with Crippen molar-refractivity contribution in [3.63, 3.8) is 0 Å². The molecule has 24 heavy (non-hydrogen) atoms. The van der Waals surface area contributed by atoms with Crippen molar-refractivity contribution in [1.82, 2.24) is 4.90 Å². The van der Waals surface area contributed by atoms with Gasteiger partial charge in [-0.1, -0.05) is 11.5 Å². The highest BCUT2D eigenvalue weighted by Crippen LogP contribution is 2.39. The lowest BCUT2D eigenvalue weighted by atomic mass is 9.85. The number of hydrogen-bond acceptors (Lipinski definition) is 4. The van der Waals surface area contributed by atoms with Crippen LogP contribution in [0, 0.1) is 0 Å². The van der Waals surface area contributed by atoms with E-state index in [9.17, 15) is 4.79 Å². The molecule has 5 nitrogen and oxygen atoms in total. The molecule has 2 fully saturated rings. The number of hydrogen-bond donors (Lipinski definition) is 0. The van der Waals surface area contributed by atoms with Crippen LogP contribution in [0.25, 0.3) is 0 Å². The fraction of sp³-hybridized carbons (Fsp3) is 0.833. The van der Waals surface area contributed by atoms with Crippen LogP contribution >= 0.6 is 0 Å². The molecule has 2 saturated heterocycles. The molecule has 0 aliphatic carbocycles. The summed E-state index contributed by atoms with van der Waals surface area (Å²) in [4.78, 5) is 14.3. The van der Waals surface area contributed by atoms with Crippen molar-refractivity contribution in [1.29, 1.82) is 0 Å². The molecule has 2 heterocycles. The summed E-state index contributed by atoms with van der Waals surface area (Å²) in [5, 5.41) is 0. The van der Waals surface area contributed by atoms with Gasteiger partial charge in [0.1, 0.15) is 5.60 Å². The molecule has 2 rings (SSSR count). The number of carbonyl (C=O) groups is 1. The van der Waals surface area contributed by atoms with Crippen LogP contribution < -0.4 is 0 Å². The second-order valence-corrected chi connectivity index (χ2v) is 9.51. The Bertz CT molecular complexity index is 530. The van der Waals surface area contributed by atoms with E-state index in [-0.39, 0.29) is 30.0 Å². The minimum atomic E-state index is -0.495. The molecule has 0 saturated carbocycles. The summed E-state index contributed by atoms with van der Waals surface area (Å²) in [6.07, 6.45) is 0.515. The van der Waals surface area contributed by atoms with E-state index in [2.05, 4.69) is 13.8 Å². The molecular weight excluding hydrogens is 305 g/mol. The predicted octanol–water partition coefficient (Wildman–Crippen LogP) is 3.96. The monoisotopic (exact) mass is 337 g/mol. The van der Waals surface area contributed by atoms with Crippen molar-refractivity contribution in [3.05, 3.63) is 11.5 Å². The maximum absolute atomic E-state index is 12.5. The average molecular weight is 337 g/mol. The predicted molar refractivity (Wildman–Crippen MR) is 95.8 cm³/mol. The molecule has 0 spiro atoms. The third-order valence-corrected chi connectivity index (χ3v) is 5.01. The number of likely N-dealkylation sites (tertiary alicyclic amines) is 1. The van der Waals surface area contributed by atoms with Gasteiger partial charge in [0.15, 0.2) is 0 Å². The molecule has 0 unspecified atom stereocenters. The first-order valence-corrected chi connectivity index (χ1v) is 8.69. The summed E-state index contributed by atoms with van der Waals surface area (Å²) in [6, 6.07) is 0. The number of nitrogens with zero attached hydrogens (tertiary/aromatic N) is 1. The van der Waals surface area contributed by atoms with Crippen LogP contribution in [0.5, 0.6) is 0 Å². The molecular formula is C18H32BNO4. The lowest BCUT2D eigenvalue weighted by molar-refractivity contribution is 0.00578. The van der Waals surface area contributed by atoms with E-state index in [0.717, 1.165) is 12.0 Å². The highest BCUT2D eigenvalue weighted by atomic mass is 16.7. The Hall–Kier alpha value is -1.01. The van der Waals surface area contributed by atoms with Crippen LogP contribution in [-0.4, -0.2) is 47.0 Å². The number of carbonyl (C=O) groups excluding carboxylic acids is 1. The van der Waals surface area contributed by atoms with Crippen LogP contribution in [0.2, 0.25) is 0 Å². The third kappa shape index (κ3) is 3.97. The van der Waals surface area contributed by atoms with Gasteiger partial charge in [-0.3, -0.25) is 4.90 Å². The van der Waals surface area contributed by atoms with Crippen molar-refractivity contribution in [2.24, 2.45) is 0 Å².